The van der Waals surface area contributed by atoms with Gasteiger partial charge in [-0.05, 0) is 25.3 Å². The molecule has 2 rings (SSSR count). The molecule has 0 aromatic rings. The molecule has 2 aliphatic rings. The zero-order chi connectivity index (χ0) is 10.5. The summed E-state index contributed by atoms with van der Waals surface area (Å²) in [4.78, 5) is 11.7. The third kappa shape index (κ3) is 2.69. The van der Waals surface area contributed by atoms with Gasteiger partial charge in [0.05, 0.1) is 0 Å². The highest BCUT2D eigenvalue weighted by Crippen LogP contribution is 2.18. The molecule has 0 aliphatic heterocycles. The quantitative estimate of drug-likeness (QED) is 0.643. The van der Waals surface area contributed by atoms with Gasteiger partial charge in [-0.3, -0.25) is 0 Å². The van der Waals surface area contributed by atoms with E-state index >= 15 is 0 Å². The average Bonchev–Trinajstić information content (AvgIpc) is 2.31. The van der Waals surface area contributed by atoms with Crippen molar-refractivity contribution in [1.29, 1.82) is 0 Å². The van der Waals surface area contributed by atoms with Crippen LogP contribution in [-0.4, -0.2) is 5.97 Å². The van der Waals surface area contributed by atoms with Gasteiger partial charge >= 0.3 is 5.97 Å². The van der Waals surface area contributed by atoms with Crippen molar-refractivity contribution < 1.29 is 9.53 Å². The number of ether oxygens (including phenoxy) is 1. The third-order valence-corrected chi connectivity index (χ3v) is 2.48. The first-order chi connectivity index (χ1) is 7.36. The molecular weight excluding hydrogens is 188 g/mol. The van der Waals surface area contributed by atoms with Crippen LogP contribution in [-0.2, 0) is 9.53 Å². The fourth-order valence-corrected chi connectivity index (χ4v) is 1.62. The first-order valence-electron chi connectivity index (χ1n) is 5.30. The minimum absolute atomic E-state index is 0.194. The van der Waals surface area contributed by atoms with Crippen molar-refractivity contribution in [3.63, 3.8) is 0 Å². The largest absolute Gasteiger partial charge is 0.428 e. The van der Waals surface area contributed by atoms with Crippen molar-refractivity contribution in [2.24, 2.45) is 0 Å². The van der Waals surface area contributed by atoms with E-state index in [0.717, 1.165) is 37.0 Å². The zero-order valence-electron chi connectivity index (χ0n) is 8.61. The van der Waals surface area contributed by atoms with Gasteiger partial charge in [0, 0.05) is 12.0 Å². The van der Waals surface area contributed by atoms with Crippen LogP contribution < -0.4 is 0 Å². The fraction of sp³-hybridized carbons (Fsp3) is 0.308. The molecule has 2 aliphatic carbocycles. The van der Waals surface area contributed by atoms with Crippen LogP contribution in [0.25, 0.3) is 0 Å². The van der Waals surface area contributed by atoms with E-state index in [9.17, 15) is 4.79 Å². The van der Waals surface area contributed by atoms with Gasteiger partial charge in [-0.1, -0.05) is 30.4 Å². The highest BCUT2D eigenvalue weighted by Gasteiger charge is 2.14. The normalized spacial score (nSPS) is 19.5. The van der Waals surface area contributed by atoms with E-state index in [2.05, 4.69) is 12.2 Å². The van der Waals surface area contributed by atoms with E-state index in [4.69, 9.17) is 4.74 Å². The number of allylic oxidation sites excluding steroid dienone is 7. The smallest absolute Gasteiger partial charge is 0.339 e. The summed E-state index contributed by atoms with van der Waals surface area (Å²) >= 11 is 0. The summed E-state index contributed by atoms with van der Waals surface area (Å²) in [7, 11) is 0. The van der Waals surface area contributed by atoms with Crippen LogP contribution >= 0.6 is 0 Å². The molecule has 0 saturated heterocycles. The van der Waals surface area contributed by atoms with Crippen LogP contribution in [0.3, 0.4) is 0 Å². The minimum atomic E-state index is -0.194. The topological polar surface area (TPSA) is 26.3 Å². The Balaban J connectivity index is 1.97. The second-order valence-corrected chi connectivity index (χ2v) is 3.65. The molecular formula is C13H14O2. The van der Waals surface area contributed by atoms with Gasteiger partial charge in [-0.2, -0.15) is 0 Å². The lowest BCUT2D eigenvalue weighted by Gasteiger charge is -2.12. The number of carbonyl (C=O) groups excluding carboxylic acids is 1. The lowest BCUT2D eigenvalue weighted by atomic mass is 10.1. The molecule has 2 nitrogen and oxygen atoms in total. The summed E-state index contributed by atoms with van der Waals surface area (Å²) in [5, 5.41) is 0. The van der Waals surface area contributed by atoms with Crippen LogP contribution in [0.2, 0.25) is 0 Å². The molecule has 0 amide bonds. The van der Waals surface area contributed by atoms with Crippen LogP contribution in [0.4, 0.5) is 0 Å². The van der Waals surface area contributed by atoms with E-state index < -0.39 is 0 Å². The Labute approximate surface area is 89.6 Å². The SMILES string of the molecule is O=C(OC1=CC=CCC1)C1=CC=CCC1. The highest BCUT2D eigenvalue weighted by molar-refractivity contribution is 5.89. The molecule has 0 N–H and O–H groups in total. The molecule has 78 valence electrons. The van der Waals surface area contributed by atoms with Crippen LogP contribution in [0.1, 0.15) is 25.7 Å². The lowest BCUT2D eigenvalue weighted by Crippen LogP contribution is -2.09. The molecule has 0 radical (unpaired) electrons. The summed E-state index contributed by atoms with van der Waals surface area (Å²) in [6.07, 6.45) is 15.2. The Morgan fingerprint density at radius 3 is 2.40 bits per heavy atom. The third-order valence-electron chi connectivity index (χ3n) is 2.48. The van der Waals surface area contributed by atoms with E-state index in [1.165, 1.54) is 0 Å². The second-order valence-electron chi connectivity index (χ2n) is 3.65. The number of hydrogen-bond acceptors (Lipinski definition) is 2. The molecule has 0 heterocycles. The molecule has 0 bridgehead atoms. The minimum Gasteiger partial charge on any atom is -0.428 e. The van der Waals surface area contributed by atoms with Crippen molar-refractivity contribution in [1.82, 2.24) is 0 Å². The van der Waals surface area contributed by atoms with E-state index in [-0.39, 0.29) is 5.97 Å². The first kappa shape index (κ1) is 9.97. The van der Waals surface area contributed by atoms with Crippen LogP contribution in [0.5, 0.6) is 0 Å². The van der Waals surface area contributed by atoms with Gasteiger partial charge in [0.25, 0.3) is 0 Å². The molecule has 2 heteroatoms. The number of esters is 1. The van der Waals surface area contributed by atoms with E-state index in [0.29, 0.717) is 0 Å². The molecule has 0 aromatic heterocycles. The van der Waals surface area contributed by atoms with Crippen LogP contribution in [0.15, 0.2) is 47.8 Å². The molecule has 0 spiro atoms. The molecule has 0 unspecified atom stereocenters. The summed E-state index contributed by atoms with van der Waals surface area (Å²) < 4.78 is 5.30. The predicted molar refractivity (Wildman–Crippen MR) is 59.0 cm³/mol. The number of rotatable bonds is 2. The summed E-state index contributed by atoms with van der Waals surface area (Å²) in [5.41, 5.74) is 0.771. The molecule has 0 fully saturated rings. The fourth-order valence-electron chi connectivity index (χ4n) is 1.62. The Bertz CT molecular complexity index is 370. The van der Waals surface area contributed by atoms with Gasteiger partial charge in [-0.25, -0.2) is 4.79 Å². The predicted octanol–water partition coefficient (Wildman–Crippen LogP) is 3.04. The molecule has 0 saturated carbocycles. The maximum atomic E-state index is 11.7. The zero-order valence-corrected chi connectivity index (χ0v) is 8.61. The van der Waals surface area contributed by atoms with Gasteiger partial charge in [0.2, 0.25) is 0 Å². The van der Waals surface area contributed by atoms with Gasteiger partial charge in [0.15, 0.2) is 0 Å². The maximum absolute atomic E-state index is 11.7. The average molecular weight is 202 g/mol. The van der Waals surface area contributed by atoms with Crippen LogP contribution in [0, 0.1) is 0 Å². The van der Waals surface area contributed by atoms with Gasteiger partial charge in [0.1, 0.15) is 5.76 Å². The van der Waals surface area contributed by atoms with E-state index in [1.807, 2.05) is 24.3 Å². The lowest BCUT2D eigenvalue weighted by molar-refractivity contribution is -0.135. The summed E-state index contributed by atoms with van der Waals surface area (Å²) in [5.74, 6) is 0.582. The first-order valence-corrected chi connectivity index (χ1v) is 5.30. The van der Waals surface area contributed by atoms with Crippen molar-refractivity contribution in [3.05, 3.63) is 47.8 Å². The molecule has 0 aromatic carbocycles. The standard InChI is InChI=1S/C13H14O2/c14-13(11-7-3-1-4-8-11)15-12-9-5-2-6-10-12/h1-3,5,7,9H,4,6,8,10H2. The Morgan fingerprint density at radius 2 is 1.80 bits per heavy atom. The Morgan fingerprint density at radius 1 is 1.07 bits per heavy atom. The summed E-state index contributed by atoms with van der Waals surface area (Å²) in [6.45, 7) is 0. The Hall–Kier alpha value is -1.57. The number of carbonyl (C=O) groups is 1. The van der Waals surface area contributed by atoms with Crippen molar-refractivity contribution in [3.8, 4) is 0 Å². The highest BCUT2D eigenvalue weighted by atomic mass is 16.5. The monoisotopic (exact) mass is 202 g/mol. The second kappa shape index (κ2) is 4.78. The van der Waals surface area contributed by atoms with Crippen molar-refractivity contribution in [2.75, 3.05) is 0 Å². The molecule has 15 heavy (non-hydrogen) atoms. The van der Waals surface area contributed by atoms with Crippen molar-refractivity contribution >= 4 is 5.97 Å². The van der Waals surface area contributed by atoms with Crippen molar-refractivity contribution in [2.45, 2.75) is 25.7 Å². The molecule has 0 atom stereocenters. The van der Waals surface area contributed by atoms with Gasteiger partial charge < -0.3 is 4.74 Å². The number of hydrogen-bond donors (Lipinski definition) is 0. The van der Waals surface area contributed by atoms with E-state index in [1.54, 1.807) is 0 Å². The maximum Gasteiger partial charge on any atom is 0.339 e. The van der Waals surface area contributed by atoms with Gasteiger partial charge in [-0.15, -0.1) is 0 Å². The summed E-state index contributed by atoms with van der Waals surface area (Å²) in [6, 6.07) is 0. The Kier molecular flexibility index (Phi) is 3.18.